The van der Waals surface area contributed by atoms with E-state index >= 15 is 0 Å². The number of nitrogens with zero attached hydrogens (tertiary/aromatic N) is 1. The molecule has 0 bridgehead atoms. The number of halogens is 1. The molecule has 0 aromatic carbocycles. The first-order valence-corrected chi connectivity index (χ1v) is 6.73. The maximum Gasteiger partial charge on any atom is 0.0579 e. The van der Waals surface area contributed by atoms with Gasteiger partial charge in [0.1, 0.15) is 0 Å². The van der Waals surface area contributed by atoms with Crippen LogP contribution < -0.4 is 11.9 Å². The van der Waals surface area contributed by atoms with E-state index in [0.29, 0.717) is 6.61 Å². The second-order valence-corrected chi connectivity index (χ2v) is 4.05. The summed E-state index contributed by atoms with van der Waals surface area (Å²) in [6.07, 6.45) is 12.8. The molecule has 4 nitrogen and oxygen atoms in total. The highest BCUT2D eigenvalue weighted by Gasteiger charge is 1.91. The Labute approximate surface area is 111 Å². The smallest absolute Gasteiger partial charge is 0.0579 e. The highest BCUT2D eigenvalue weighted by molar-refractivity contribution is 6.04. The summed E-state index contributed by atoms with van der Waals surface area (Å²) in [5.41, 5.74) is 5.42. The molecule has 0 heterocycles. The van der Waals surface area contributed by atoms with Gasteiger partial charge in [0.25, 0.3) is 0 Å². The molecule has 0 amide bonds. The zero-order valence-corrected chi connectivity index (χ0v) is 11.5. The number of unbranched alkanes of at least 4 members (excludes halogenated alkanes) is 9. The van der Waals surface area contributed by atoms with Crippen LogP contribution in [0.2, 0.25) is 0 Å². The summed E-state index contributed by atoms with van der Waals surface area (Å²) in [4.78, 5) is 0. The van der Waals surface area contributed by atoms with Crippen LogP contribution in [0.15, 0.2) is 0 Å². The van der Waals surface area contributed by atoms with E-state index in [1.807, 2.05) is 0 Å². The van der Waals surface area contributed by atoms with Gasteiger partial charge in [0.05, 0.1) is 11.9 Å². The van der Waals surface area contributed by atoms with Crippen LogP contribution in [0.1, 0.15) is 64.2 Å². The summed E-state index contributed by atoms with van der Waals surface area (Å²) in [7, 11) is 0. The Morgan fingerprint density at radius 2 is 0.941 bits per heavy atom. The van der Waals surface area contributed by atoms with Crippen molar-refractivity contribution in [3.63, 3.8) is 0 Å². The molecule has 0 fully saturated rings. The Morgan fingerprint density at radius 3 is 1.24 bits per heavy atom. The first-order chi connectivity index (χ1) is 7.91. The number of rotatable bonds is 11. The van der Waals surface area contributed by atoms with Gasteiger partial charge in [-0.2, -0.15) is 0 Å². The van der Waals surface area contributed by atoms with Crippen molar-refractivity contribution in [2.24, 2.45) is 5.73 Å². The molecule has 0 saturated heterocycles. The number of aliphatic hydroxyl groups excluding tert-OH is 1. The summed E-state index contributed by atoms with van der Waals surface area (Å²) in [6.45, 7) is 1.21. The molecule has 0 aliphatic rings. The quantitative estimate of drug-likeness (QED) is 0.502. The van der Waals surface area contributed by atoms with Crippen LogP contribution >= 0.6 is 11.9 Å². The number of hydrogen-bond acceptors (Lipinski definition) is 3. The maximum absolute atomic E-state index is 8.58. The lowest BCUT2D eigenvalue weighted by Gasteiger charge is -2.01. The SMILES string of the molecule is NCCCCCCCCCCCCO.OCl.[N]. The Balaban J connectivity index is -0.000000616. The standard InChI is InChI=1S/C12H27NO.ClHO.N/c13-11-9-7-5-3-1-2-4-6-8-10-12-14;1-2;/h14H,1-13H2;2H;. The summed E-state index contributed by atoms with van der Waals surface area (Å²) < 4.78 is 6.47. The zero-order chi connectivity index (χ0) is 12.5. The van der Waals surface area contributed by atoms with Crippen LogP contribution in [-0.4, -0.2) is 22.9 Å². The van der Waals surface area contributed by atoms with Crippen LogP contribution in [0, 0.1) is 0 Å². The first kappa shape index (κ1) is 22.3. The minimum absolute atomic E-state index is 0. The number of hydrogen-bond donors (Lipinski definition) is 3. The van der Waals surface area contributed by atoms with E-state index in [1.54, 1.807) is 0 Å². The molecular weight excluding hydrogens is 240 g/mol. The Bertz CT molecular complexity index is 96.5. The zero-order valence-electron chi connectivity index (χ0n) is 10.8. The molecule has 0 saturated carbocycles. The van der Waals surface area contributed by atoms with Crippen molar-refractivity contribution in [1.29, 1.82) is 0 Å². The van der Waals surface area contributed by atoms with E-state index in [-0.39, 0.29) is 6.15 Å². The minimum Gasteiger partial charge on any atom is -0.396 e. The molecule has 0 rings (SSSR count). The highest BCUT2D eigenvalue weighted by Crippen LogP contribution is 2.09. The van der Waals surface area contributed by atoms with Gasteiger partial charge in [-0.15, -0.1) is 0 Å². The van der Waals surface area contributed by atoms with Crippen molar-refractivity contribution >= 4 is 11.9 Å². The normalized spacial score (nSPS) is 9.18. The predicted octanol–water partition coefficient (Wildman–Crippen LogP) is 2.49. The van der Waals surface area contributed by atoms with E-state index in [2.05, 4.69) is 11.9 Å². The summed E-state index contributed by atoms with van der Waals surface area (Å²) >= 11 is 3.64. The first-order valence-electron chi connectivity index (χ1n) is 6.39. The maximum atomic E-state index is 8.58. The lowest BCUT2D eigenvalue weighted by atomic mass is 10.1. The van der Waals surface area contributed by atoms with Gasteiger partial charge in [-0.3, -0.25) is 4.66 Å². The molecule has 0 atom stereocenters. The average Bonchev–Trinajstić information content (AvgIpc) is 2.34. The summed E-state index contributed by atoms with van der Waals surface area (Å²) in [5, 5.41) is 8.58. The Kier molecular flexibility index (Phi) is 33.0. The van der Waals surface area contributed by atoms with Gasteiger partial charge in [-0.1, -0.05) is 51.4 Å². The molecule has 3 radical (unpaired) electrons. The second-order valence-electron chi connectivity index (χ2n) is 4.05. The number of aliphatic hydroxyl groups is 1. The average molecular weight is 268 g/mol. The molecule has 17 heavy (non-hydrogen) atoms. The predicted molar refractivity (Wildman–Crippen MR) is 72.5 cm³/mol. The van der Waals surface area contributed by atoms with Gasteiger partial charge in [0, 0.05) is 12.8 Å². The van der Waals surface area contributed by atoms with Gasteiger partial charge in [0.15, 0.2) is 0 Å². The van der Waals surface area contributed by atoms with E-state index in [1.165, 1.54) is 57.8 Å². The van der Waals surface area contributed by atoms with Crippen molar-refractivity contribution in [3.8, 4) is 0 Å². The van der Waals surface area contributed by atoms with E-state index in [4.69, 9.17) is 15.5 Å². The van der Waals surface area contributed by atoms with Gasteiger partial charge >= 0.3 is 0 Å². The molecule has 0 aromatic rings. The molecule has 105 valence electrons. The van der Waals surface area contributed by atoms with Gasteiger partial charge in [0.2, 0.25) is 0 Å². The van der Waals surface area contributed by atoms with Gasteiger partial charge in [-0.05, 0) is 19.4 Å². The molecule has 0 aromatic heterocycles. The van der Waals surface area contributed by atoms with E-state index < -0.39 is 0 Å². The monoisotopic (exact) mass is 267 g/mol. The third kappa shape index (κ3) is 26.0. The highest BCUT2D eigenvalue weighted by atomic mass is 35.5. The third-order valence-electron chi connectivity index (χ3n) is 2.61. The third-order valence-corrected chi connectivity index (χ3v) is 2.61. The molecule has 4 N–H and O–H groups in total. The van der Waals surface area contributed by atoms with Crippen molar-refractivity contribution in [3.05, 3.63) is 0 Å². The summed E-state index contributed by atoms with van der Waals surface area (Å²) in [5.74, 6) is 0. The van der Waals surface area contributed by atoms with Crippen molar-refractivity contribution in [1.82, 2.24) is 6.15 Å². The van der Waals surface area contributed by atoms with Gasteiger partial charge < -0.3 is 10.8 Å². The Hall–Kier alpha value is 0.130. The molecule has 0 aliphatic carbocycles. The van der Waals surface area contributed by atoms with E-state index in [0.717, 1.165) is 13.0 Å². The van der Waals surface area contributed by atoms with Crippen LogP contribution in [0.3, 0.4) is 0 Å². The fourth-order valence-corrected chi connectivity index (χ4v) is 1.67. The molecule has 0 spiro atoms. The molecule has 0 aliphatic heterocycles. The van der Waals surface area contributed by atoms with Crippen molar-refractivity contribution < 1.29 is 9.77 Å². The lowest BCUT2D eigenvalue weighted by Crippen LogP contribution is -1.97. The Morgan fingerprint density at radius 1 is 0.647 bits per heavy atom. The van der Waals surface area contributed by atoms with Crippen LogP contribution in [-0.2, 0) is 0 Å². The molecular formula is C12H28ClN2O2. The lowest BCUT2D eigenvalue weighted by molar-refractivity contribution is 0.282. The summed E-state index contributed by atoms with van der Waals surface area (Å²) in [6, 6.07) is 0. The van der Waals surface area contributed by atoms with E-state index in [9.17, 15) is 0 Å². The van der Waals surface area contributed by atoms with Crippen LogP contribution in [0.25, 0.3) is 0 Å². The van der Waals surface area contributed by atoms with Crippen LogP contribution in [0.5, 0.6) is 0 Å². The largest absolute Gasteiger partial charge is 0.396 e. The number of nitrogens with two attached hydrogens (primary N) is 1. The van der Waals surface area contributed by atoms with Gasteiger partial charge in [-0.25, -0.2) is 0 Å². The molecule has 0 unspecified atom stereocenters. The van der Waals surface area contributed by atoms with Crippen molar-refractivity contribution in [2.75, 3.05) is 13.2 Å². The van der Waals surface area contributed by atoms with Crippen molar-refractivity contribution in [2.45, 2.75) is 64.2 Å². The second kappa shape index (κ2) is 25.1. The fourth-order valence-electron chi connectivity index (χ4n) is 1.67. The topological polar surface area (TPSA) is 97.0 Å². The van der Waals surface area contributed by atoms with Crippen LogP contribution in [0.4, 0.5) is 0 Å². The minimum atomic E-state index is 0. The molecule has 5 heteroatoms. The fraction of sp³-hybridized carbons (Fsp3) is 1.00.